The molecule has 0 bridgehead atoms. The van der Waals surface area contributed by atoms with Gasteiger partial charge in [-0.25, -0.2) is 4.39 Å². The second-order valence-corrected chi connectivity index (χ2v) is 9.95. The zero-order valence-corrected chi connectivity index (χ0v) is 19.9. The number of ether oxygens (including phenoxy) is 2. The van der Waals surface area contributed by atoms with E-state index in [0.29, 0.717) is 17.0 Å². The van der Waals surface area contributed by atoms with Crippen LogP contribution < -0.4 is 9.64 Å². The van der Waals surface area contributed by atoms with E-state index in [1.54, 1.807) is 36.4 Å². The van der Waals surface area contributed by atoms with Crippen LogP contribution in [0.4, 0.5) is 10.1 Å². The van der Waals surface area contributed by atoms with Crippen LogP contribution in [0.25, 0.3) is 0 Å². The quantitative estimate of drug-likeness (QED) is 0.507. The largest absolute Gasteiger partial charge is 0.505 e. The molecule has 190 valence electrons. The fourth-order valence-corrected chi connectivity index (χ4v) is 6.15. The van der Waals surface area contributed by atoms with Crippen LogP contribution in [0, 0.1) is 29.5 Å². The first-order valence-corrected chi connectivity index (χ1v) is 12.4. The predicted molar refractivity (Wildman–Crippen MR) is 131 cm³/mol. The molecular weight excluding hydrogens is 477 g/mol. The van der Waals surface area contributed by atoms with Crippen molar-refractivity contribution in [2.24, 2.45) is 23.7 Å². The van der Waals surface area contributed by atoms with Gasteiger partial charge in [0, 0.05) is 11.8 Å². The molecule has 6 rings (SSSR count). The van der Waals surface area contributed by atoms with Crippen LogP contribution >= 0.6 is 0 Å². The maximum Gasteiger partial charge on any atom is 0.238 e. The lowest BCUT2D eigenvalue weighted by Gasteiger charge is -2.44. The minimum Gasteiger partial charge on any atom is -0.505 e. The van der Waals surface area contributed by atoms with E-state index in [4.69, 9.17) is 9.47 Å². The van der Waals surface area contributed by atoms with Crippen molar-refractivity contribution >= 4 is 17.5 Å². The predicted octanol–water partition coefficient (Wildman–Crippen LogP) is 4.20. The molecule has 2 aliphatic heterocycles. The number of rotatable bonds is 5. The van der Waals surface area contributed by atoms with Crippen LogP contribution in [-0.2, 0) is 14.3 Å². The first-order valence-electron chi connectivity index (χ1n) is 12.4. The van der Waals surface area contributed by atoms with Gasteiger partial charge in [-0.15, -0.1) is 0 Å². The average Bonchev–Trinajstić information content (AvgIpc) is 3.39. The third-order valence-corrected chi connectivity index (χ3v) is 7.92. The minimum atomic E-state index is -1.77. The van der Waals surface area contributed by atoms with Gasteiger partial charge in [-0.2, -0.15) is 0 Å². The topological polar surface area (TPSA) is 96.3 Å². The summed E-state index contributed by atoms with van der Waals surface area (Å²) in [4.78, 5) is 28.5. The number of phenols is 1. The van der Waals surface area contributed by atoms with Gasteiger partial charge in [0.05, 0.1) is 30.2 Å². The number of hydrogen-bond donors (Lipinski definition) is 2. The van der Waals surface area contributed by atoms with Crippen LogP contribution in [0.5, 0.6) is 11.5 Å². The van der Waals surface area contributed by atoms with Crippen LogP contribution in [0.15, 0.2) is 78.9 Å². The van der Waals surface area contributed by atoms with Gasteiger partial charge in [0.25, 0.3) is 0 Å². The Bertz CT molecular complexity index is 1330. The summed E-state index contributed by atoms with van der Waals surface area (Å²) in [6.45, 7) is 0.0731. The monoisotopic (exact) mass is 503 g/mol. The molecule has 0 radical (unpaired) electrons. The summed E-state index contributed by atoms with van der Waals surface area (Å²) in [5, 5.41) is 21.6. The smallest absolute Gasteiger partial charge is 0.238 e. The van der Waals surface area contributed by atoms with Crippen molar-refractivity contribution in [3.8, 4) is 11.5 Å². The zero-order chi connectivity index (χ0) is 25.7. The van der Waals surface area contributed by atoms with E-state index in [1.807, 2.05) is 24.3 Å². The first-order chi connectivity index (χ1) is 17.9. The Morgan fingerprint density at radius 3 is 2.38 bits per heavy atom. The Labute approximate surface area is 213 Å². The van der Waals surface area contributed by atoms with Gasteiger partial charge >= 0.3 is 0 Å². The molecule has 3 fully saturated rings. The molecule has 3 aromatic carbocycles. The fourth-order valence-electron chi connectivity index (χ4n) is 6.15. The van der Waals surface area contributed by atoms with Gasteiger partial charge in [0.2, 0.25) is 11.8 Å². The highest BCUT2D eigenvalue weighted by Gasteiger charge is 2.67. The summed E-state index contributed by atoms with van der Waals surface area (Å²) in [5.74, 6) is -5.84. The summed E-state index contributed by atoms with van der Waals surface area (Å²) in [7, 11) is 0. The lowest BCUT2D eigenvalue weighted by molar-refractivity contribution is -0.272. The molecule has 3 aliphatic rings. The molecule has 7 nitrogen and oxygen atoms in total. The Morgan fingerprint density at radius 1 is 0.973 bits per heavy atom. The third-order valence-electron chi connectivity index (χ3n) is 7.92. The SMILES string of the molecule is O=C1[C@H]2[C@H](C[C@H](COc3ccccc3)[C@@]3(O)O[C@H](c4ccc(O)c(F)c4)C[C@@H]23)C(=O)N1c1ccccc1. The lowest BCUT2D eigenvalue weighted by atomic mass is 9.64. The highest BCUT2D eigenvalue weighted by atomic mass is 19.1. The van der Waals surface area contributed by atoms with Crippen molar-refractivity contribution in [3.63, 3.8) is 0 Å². The molecule has 2 amide bonds. The van der Waals surface area contributed by atoms with E-state index in [2.05, 4.69) is 0 Å². The Morgan fingerprint density at radius 2 is 1.68 bits per heavy atom. The highest BCUT2D eigenvalue weighted by molar-refractivity contribution is 6.22. The number of aromatic hydroxyl groups is 1. The molecule has 0 unspecified atom stereocenters. The Hall–Kier alpha value is -3.75. The molecule has 2 heterocycles. The van der Waals surface area contributed by atoms with Crippen LogP contribution in [0.3, 0.4) is 0 Å². The van der Waals surface area contributed by atoms with Crippen molar-refractivity contribution in [3.05, 3.63) is 90.2 Å². The molecule has 6 atom stereocenters. The molecule has 37 heavy (non-hydrogen) atoms. The van der Waals surface area contributed by atoms with E-state index in [1.165, 1.54) is 23.1 Å². The van der Waals surface area contributed by atoms with Crippen LogP contribution in [-0.4, -0.2) is 34.4 Å². The summed E-state index contributed by atoms with van der Waals surface area (Å²) in [6, 6.07) is 21.8. The number of carbonyl (C=O) groups is 2. The number of imide groups is 1. The van der Waals surface area contributed by atoms with E-state index < -0.39 is 47.1 Å². The Kier molecular flexibility index (Phi) is 5.73. The van der Waals surface area contributed by atoms with Crippen molar-refractivity contribution in [1.82, 2.24) is 0 Å². The van der Waals surface area contributed by atoms with Gasteiger partial charge in [-0.1, -0.05) is 42.5 Å². The van der Waals surface area contributed by atoms with Gasteiger partial charge in [0.1, 0.15) is 5.75 Å². The third kappa shape index (κ3) is 3.88. The van der Waals surface area contributed by atoms with Crippen molar-refractivity contribution < 1.29 is 33.7 Å². The molecule has 2 saturated heterocycles. The second-order valence-electron chi connectivity index (χ2n) is 9.95. The number of para-hydroxylation sites is 2. The molecule has 0 spiro atoms. The number of carbonyl (C=O) groups excluding carboxylic acids is 2. The minimum absolute atomic E-state index is 0.0731. The summed E-state index contributed by atoms with van der Waals surface area (Å²) < 4.78 is 26.3. The molecule has 3 aromatic rings. The number of nitrogens with zero attached hydrogens (tertiary/aromatic N) is 1. The summed E-state index contributed by atoms with van der Waals surface area (Å²) in [6.07, 6.45) is -0.308. The van der Waals surface area contributed by atoms with Crippen molar-refractivity contribution in [2.45, 2.75) is 24.7 Å². The standard InChI is InChI=1S/C29H26FNO6/c30-23-13-17(11-12-24(23)32)25-15-22-26-21(27(33)31(28(26)34)19-7-3-1-4-8-19)14-18(29(22,35)37-25)16-36-20-9-5-2-6-10-20/h1-13,18,21-22,25-26,32,35H,14-16H2/t18-,21+,22+,25+,26+,29-/m1/s1. The van der Waals surface area contributed by atoms with E-state index >= 15 is 0 Å². The maximum atomic E-state index is 14.2. The fraction of sp³-hybridized carbons (Fsp3) is 0.310. The van der Waals surface area contributed by atoms with E-state index in [9.17, 15) is 24.2 Å². The normalized spacial score (nSPS) is 30.8. The molecular formula is C29H26FNO6. The first kappa shape index (κ1) is 23.6. The maximum absolute atomic E-state index is 14.2. The van der Waals surface area contributed by atoms with E-state index in [-0.39, 0.29) is 31.3 Å². The van der Waals surface area contributed by atoms with Gasteiger partial charge in [-0.05, 0) is 54.8 Å². The van der Waals surface area contributed by atoms with Gasteiger partial charge < -0.3 is 19.7 Å². The molecule has 8 heteroatoms. The Balaban J connectivity index is 1.36. The zero-order valence-electron chi connectivity index (χ0n) is 19.9. The number of phenolic OH excluding ortho intramolecular Hbond substituents is 1. The van der Waals surface area contributed by atoms with Gasteiger partial charge in [-0.3, -0.25) is 14.5 Å². The van der Waals surface area contributed by atoms with Gasteiger partial charge in [0.15, 0.2) is 17.4 Å². The summed E-state index contributed by atoms with van der Waals surface area (Å²) >= 11 is 0. The number of halogens is 1. The number of hydrogen-bond acceptors (Lipinski definition) is 6. The number of anilines is 1. The molecule has 0 aromatic heterocycles. The molecule has 1 saturated carbocycles. The van der Waals surface area contributed by atoms with Crippen LogP contribution in [0.1, 0.15) is 24.5 Å². The molecule has 2 N–H and O–H groups in total. The van der Waals surface area contributed by atoms with Crippen molar-refractivity contribution in [2.75, 3.05) is 11.5 Å². The highest BCUT2D eigenvalue weighted by Crippen LogP contribution is 2.58. The average molecular weight is 504 g/mol. The van der Waals surface area contributed by atoms with Crippen molar-refractivity contribution in [1.29, 1.82) is 0 Å². The van der Waals surface area contributed by atoms with Crippen LogP contribution in [0.2, 0.25) is 0 Å². The number of amides is 2. The van der Waals surface area contributed by atoms with E-state index in [0.717, 1.165) is 0 Å². The second kappa shape index (κ2) is 8.97. The summed E-state index contributed by atoms with van der Waals surface area (Å²) in [5.41, 5.74) is 0.928. The lowest BCUT2D eigenvalue weighted by Crippen LogP contribution is -2.55. The number of benzene rings is 3. The number of fused-ring (bicyclic) bond motifs is 3. The molecule has 1 aliphatic carbocycles. The number of aliphatic hydroxyl groups is 1.